The molecule has 0 aromatic carbocycles. The van der Waals surface area contributed by atoms with Gasteiger partial charge in [-0.1, -0.05) is 6.58 Å². The molecule has 1 aromatic heterocycles. The molecule has 52 valence electrons. The van der Waals surface area contributed by atoms with Crippen molar-refractivity contribution in [3.63, 3.8) is 0 Å². The van der Waals surface area contributed by atoms with Crippen molar-refractivity contribution < 1.29 is 4.79 Å². The normalized spacial score (nSPS) is 8.80. The van der Waals surface area contributed by atoms with Crippen LogP contribution < -0.4 is 5.32 Å². The molecule has 3 heteroatoms. The van der Waals surface area contributed by atoms with Gasteiger partial charge in [-0.2, -0.15) is 0 Å². The number of hydrogen-bond donors (Lipinski definition) is 2. The molecule has 0 aliphatic rings. The lowest BCUT2D eigenvalue weighted by Gasteiger charge is -1.92. The van der Waals surface area contributed by atoms with Crippen LogP contribution in [0.15, 0.2) is 31.2 Å². The predicted molar refractivity (Wildman–Crippen MR) is 38.5 cm³/mol. The maximum absolute atomic E-state index is 10.9. The van der Waals surface area contributed by atoms with E-state index in [0.717, 1.165) is 0 Å². The van der Waals surface area contributed by atoms with Crippen molar-refractivity contribution in [3.8, 4) is 0 Å². The van der Waals surface area contributed by atoms with E-state index < -0.39 is 0 Å². The third kappa shape index (κ3) is 1.25. The van der Waals surface area contributed by atoms with Crippen molar-refractivity contribution in [2.75, 3.05) is 0 Å². The fourth-order valence-corrected chi connectivity index (χ4v) is 0.641. The van der Waals surface area contributed by atoms with Gasteiger partial charge >= 0.3 is 0 Å². The number of carbonyl (C=O) groups excluding carboxylic acids is 1. The van der Waals surface area contributed by atoms with Gasteiger partial charge in [0.25, 0.3) is 5.91 Å². The lowest BCUT2D eigenvalue weighted by Crippen LogP contribution is -2.15. The maximum atomic E-state index is 10.9. The zero-order chi connectivity index (χ0) is 7.40. The van der Waals surface area contributed by atoms with Crippen molar-refractivity contribution in [1.29, 1.82) is 0 Å². The monoisotopic (exact) mass is 136 g/mol. The average Bonchev–Trinajstić information content (AvgIpc) is 2.38. The molecule has 0 radical (unpaired) electrons. The Labute approximate surface area is 58.8 Å². The second-order valence-electron chi connectivity index (χ2n) is 1.78. The van der Waals surface area contributed by atoms with E-state index in [-0.39, 0.29) is 5.91 Å². The molecule has 0 unspecified atom stereocenters. The van der Waals surface area contributed by atoms with Gasteiger partial charge in [-0.15, -0.1) is 0 Å². The smallest absolute Gasteiger partial charge is 0.256 e. The highest BCUT2D eigenvalue weighted by Crippen LogP contribution is 1.94. The van der Waals surface area contributed by atoms with Gasteiger partial charge < -0.3 is 10.3 Å². The van der Waals surface area contributed by atoms with Crippen molar-refractivity contribution in [1.82, 2.24) is 10.3 Å². The number of aromatic nitrogens is 1. The summed E-state index contributed by atoms with van der Waals surface area (Å²) >= 11 is 0. The number of aromatic amines is 1. The summed E-state index contributed by atoms with van der Waals surface area (Å²) in [5, 5.41) is 2.45. The summed E-state index contributed by atoms with van der Waals surface area (Å²) in [6.07, 6.45) is 4.67. The minimum atomic E-state index is -0.142. The summed E-state index contributed by atoms with van der Waals surface area (Å²) in [7, 11) is 0. The largest absolute Gasteiger partial charge is 0.367 e. The van der Waals surface area contributed by atoms with Crippen LogP contribution in [0.25, 0.3) is 0 Å². The average molecular weight is 136 g/mol. The van der Waals surface area contributed by atoms with Crippen LogP contribution in [0, 0.1) is 0 Å². The third-order valence-corrected chi connectivity index (χ3v) is 1.09. The van der Waals surface area contributed by atoms with Gasteiger partial charge in [0.1, 0.15) is 0 Å². The number of H-pyrrole nitrogens is 1. The molecule has 1 aromatic rings. The highest BCUT2D eigenvalue weighted by molar-refractivity contribution is 5.94. The molecule has 0 saturated heterocycles. The minimum absolute atomic E-state index is 0.142. The molecule has 0 saturated carbocycles. The van der Waals surface area contributed by atoms with E-state index in [4.69, 9.17) is 0 Å². The molecule has 0 aliphatic heterocycles. The van der Waals surface area contributed by atoms with E-state index in [0.29, 0.717) is 5.56 Å². The molecule has 1 heterocycles. The van der Waals surface area contributed by atoms with Crippen LogP contribution in [0.2, 0.25) is 0 Å². The number of amides is 1. The van der Waals surface area contributed by atoms with Crippen LogP contribution in [0.3, 0.4) is 0 Å². The first-order valence-corrected chi connectivity index (χ1v) is 2.89. The highest BCUT2D eigenvalue weighted by atomic mass is 16.1. The highest BCUT2D eigenvalue weighted by Gasteiger charge is 2.00. The van der Waals surface area contributed by atoms with Gasteiger partial charge in [-0.3, -0.25) is 4.79 Å². The van der Waals surface area contributed by atoms with Crippen LogP contribution in [0.5, 0.6) is 0 Å². The zero-order valence-corrected chi connectivity index (χ0v) is 5.42. The van der Waals surface area contributed by atoms with Crippen LogP contribution in [-0.4, -0.2) is 10.9 Å². The van der Waals surface area contributed by atoms with E-state index >= 15 is 0 Å². The molecular formula is C7H8N2O. The van der Waals surface area contributed by atoms with E-state index in [2.05, 4.69) is 16.9 Å². The van der Waals surface area contributed by atoms with E-state index in [1.165, 1.54) is 6.20 Å². The molecule has 0 spiro atoms. The van der Waals surface area contributed by atoms with Crippen molar-refractivity contribution in [2.45, 2.75) is 0 Å². The molecule has 3 nitrogen and oxygen atoms in total. The Kier molecular flexibility index (Phi) is 1.89. The Morgan fingerprint density at radius 3 is 3.10 bits per heavy atom. The number of nitrogens with one attached hydrogen (secondary N) is 2. The molecule has 2 N–H and O–H groups in total. The summed E-state index contributed by atoms with van der Waals surface area (Å²) in [5.41, 5.74) is 0.611. The SMILES string of the molecule is C=CNC(=O)c1cc[nH]c1. The molecule has 0 atom stereocenters. The first kappa shape index (κ1) is 6.61. The van der Waals surface area contributed by atoms with Gasteiger partial charge in [0, 0.05) is 12.4 Å². The van der Waals surface area contributed by atoms with E-state index in [1.807, 2.05) is 0 Å². The Morgan fingerprint density at radius 2 is 2.60 bits per heavy atom. The summed E-state index contributed by atoms with van der Waals surface area (Å²) in [6.45, 7) is 3.37. The Balaban J connectivity index is 2.68. The lowest BCUT2D eigenvalue weighted by molar-refractivity contribution is 0.0970. The molecule has 0 aliphatic carbocycles. The molecule has 1 amide bonds. The first-order valence-electron chi connectivity index (χ1n) is 2.89. The number of hydrogen-bond acceptors (Lipinski definition) is 1. The molecule has 0 fully saturated rings. The Hall–Kier alpha value is -1.51. The fourth-order valence-electron chi connectivity index (χ4n) is 0.641. The van der Waals surface area contributed by atoms with E-state index in [1.54, 1.807) is 18.5 Å². The number of rotatable bonds is 2. The zero-order valence-electron chi connectivity index (χ0n) is 5.42. The topological polar surface area (TPSA) is 44.9 Å². The van der Waals surface area contributed by atoms with Gasteiger partial charge in [0.2, 0.25) is 0 Å². The fraction of sp³-hybridized carbons (Fsp3) is 0. The van der Waals surface area contributed by atoms with Crippen molar-refractivity contribution in [3.05, 3.63) is 36.8 Å². The third-order valence-electron chi connectivity index (χ3n) is 1.09. The first-order chi connectivity index (χ1) is 4.84. The predicted octanol–water partition coefficient (Wildman–Crippen LogP) is 0.888. The lowest BCUT2D eigenvalue weighted by atomic mass is 10.3. The van der Waals surface area contributed by atoms with Crippen LogP contribution >= 0.6 is 0 Å². The molecule has 1 rings (SSSR count). The Bertz CT molecular complexity index is 226. The quantitative estimate of drug-likeness (QED) is 0.623. The molecular weight excluding hydrogens is 128 g/mol. The van der Waals surface area contributed by atoms with Gasteiger partial charge in [-0.05, 0) is 12.3 Å². The summed E-state index contributed by atoms with van der Waals surface area (Å²) in [6, 6.07) is 1.69. The number of carbonyl (C=O) groups is 1. The molecule has 0 bridgehead atoms. The summed E-state index contributed by atoms with van der Waals surface area (Å²) < 4.78 is 0. The standard InChI is InChI=1S/C7H8N2O/c1-2-9-7(10)6-3-4-8-5-6/h2-5,8H,1H2,(H,9,10). The van der Waals surface area contributed by atoms with Gasteiger partial charge in [-0.25, -0.2) is 0 Å². The van der Waals surface area contributed by atoms with Crippen molar-refractivity contribution in [2.24, 2.45) is 0 Å². The van der Waals surface area contributed by atoms with Crippen LogP contribution in [0.1, 0.15) is 10.4 Å². The maximum Gasteiger partial charge on any atom is 0.256 e. The molecule has 10 heavy (non-hydrogen) atoms. The Morgan fingerprint density at radius 1 is 1.80 bits per heavy atom. The van der Waals surface area contributed by atoms with Crippen molar-refractivity contribution >= 4 is 5.91 Å². The van der Waals surface area contributed by atoms with Gasteiger partial charge in [0.05, 0.1) is 5.56 Å². The minimum Gasteiger partial charge on any atom is -0.367 e. The van der Waals surface area contributed by atoms with Gasteiger partial charge in [0.15, 0.2) is 0 Å². The van der Waals surface area contributed by atoms with E-state index in [9.17, 15) is 4.79 Å². The summed E-state index contributed by atoms with van der Waals surface area (Å²) in [5.74, 6) is -0.142. The van der Waals surface area contributed by atoms with Crippen LogP contribution in [-0.2, 0) is 0 Å². The van der Waals surface area contributed by atoms with Crippen LogP contribution in [0.4, 0.5) is 0 Å². The second kappa shape index (κ2) is 2.87. The summed E-state index contributed by atoms with van der Waals surface area (Å²) in [4.78, 5) is 13.7. The second-order valence-corrected chi connectivity index (χ2v) is 1.78.